The molecule has 1 amide bonds. The van der Waals surface area contributed by atoms with Crippen molar-refractivity contribution in [2.24, 2.45) is 0 Å². The minimum absolute atomic E-state index is 0.141. The largest absolute Gasteiger partial charge is 0.507 e. The number of carbonyl (C=O) groups excluding carboxylic acids is 2. The molecule has 0 radical (unpaired) electrons. The minimum atomic E-state index is -1.25. The third kappa shape index (κ3) is 3.39. The molecule has 0 unspecified atom stereocenters. The fraction of sp³-hybridized carbons (Fsp3) is 0.150. The highest BCUT2D eigenvalue weighted by molar-refractivity contribution is 6.46. The molecule has 0 saturated carbocycles. The summed E-state index contributed by atoms with van der Waals surface area (Å²) in [6.07, 6.45) is 0. The predicted octanol–water partition coefficient (Wildman–Crippen LogP) is 2.20. The van der Waals surface area contributed by atoms with E-state index in [0.29, 0.717) is 16.9 Å². The number of Topliss-reactive ketones (excluding diaryl/α,β-unsaturated/α-hetero) is 1. The number of hydrogen-bond acceptors (Lipinski definition) is 5. The number of benzene rings is 2. The number of aliphatic hydroxyl groups excluding tert-OH is 1. The van der Waals surface area contributed by atoms with Crippen LogP contribution in [0.25, 0.3) is 5.76 Å². The van der Waals surface area contributed by atoms with Crippen LogP contribution >= 0.6 is 0 Å². The Balaban J connectivity index is 2.16. The van der Waals surface area contributed by atoms with Crippen molar-refractivity contribution in [2.45, 2.75) is 6.04 Å². The van der Waals surface area contributed by atoms with Crippen LogP contribution in [0.5, 0.6) is 5.75 Å². The quantitative estimate of drug-likeness (QED) is 0.477. The molecule has 0 aliphatic carbocycles. The number of aliphatic carboxylic acids is 1. The normalized spacial score (nSPS) is 18.6. The molecule has 0 spiro atoms. The number of ether oxygens (including phenoxy) is 1. The SMILES string of the molecule is COc1ccc(C(O)=C2C(=O)C(=O)N(CC(=O)O)[C@@H]2c2ccccc2)cc1. The van der Waals surface area contributed by atoms with Crippen LogP contribution < -0.4 is 4.74 Å². The van der Waals surface area contributed by atoms with Crippen LogP contribution in [-0.2, 0) is 14.4 Å². The maximum atomic E-state index is 12.6. The van der Waals surface area contributed by atoms with Crippen molar-refractivity contribution < 1.29 is 29.3 Å². The summed E-state index contributed by atoms with van der Waals surface area (Å²) in [6.45, 7) is -0.649. The van der Waals surface area contributed by atoms with Gasteiger partial charge in [0.15, 0.2) is 0 Å². The first-order valence-corrected chi connectivity index (χ1v) is 8.13. The molecule has 2 aromatic rings. The van der Waals surface area contributed by atoms with Gasteiger partial charge in [0.25, 0.3) is 11.7 Å². The topological polar surface area (TPSA) is 104 Å². The highest BCUT2D eigenvalue weighted by Gasteiger charge is 2.46. The monoisotopic (exact) mass is 367 g/mol. The number of methoxy groups -OCH3 is 1. The van der Waals surface area contributed by atoms with Crippen LogP contribution in [0, 0.1) is 0 Å². The third-order valence-corrected chi connectivity index (χ3v) is 4.32. The number of amides is 1. The van der Waals surface area contributed by atoms with Gasteiger partial charge < -0.3 is 19.8 Å². The Morgan fingerprint density at radius 2 is 1.67 bits per heavy atom. The van der Waals surface area contributed by atoms with Gasteiger partial charge >= 0.3 is 5.97 Å². The van der Waals surface area contributed by atoms with Crippen LogP contribution in [0.1, 0.15) is 17.2 Å². The fourth-order valence-corrected chi connectivity index (χ4v) is 3.08. The van der Waals surface area contributed by atoms with E-state index < -0.39 is 30.2 Å². The Labute approximate surface area is 155 Å². The highest BCUT2D eigenvalue weighted by atomic mass is 16.5. The zero-order chi connectivity index (χ0) is 19.6. The summed E-state index contributed by atoms with van der Waals surface area (Å²) in [5.41, 5.74) is 0.718. The first-order valence-electron chi connectivity index (χ1n) is 8.13. The molecule has 0 aromatic heterocycles. The van der Waals surface area contributed by atoms with Crippen LogP contribution in [-0.4, -0.2) is 46.4 Å². The number of rotatable bonds is 5. The second kappa shape index (κ2) is 7.33. The van der Waals surface area contributed by atoms with E-state index in [2.05, 4.69) is 0 Å². The predicted molar refractivity (Wildman–Crippen MR) is 96.1 cm³/mol. The number of likely N-dealkylation sites (tertiary alicyclic amines) is 1. The second-order valence-corrected chi connectivity index (χ2v) is 5.96. The average Bonchev–Trinajstić information content (AvgIpc) is 2.92. The van der Waals surface area contributed by atoms with Crippen molar-refractivity contribution in [1.29, 1.82) is 0 Å². The summed E-state index contributed by atoms with van der Waals surface area (Å²) in [5, 5.41) is 19.9. The van der Waals surface area contributed by atoms with Gasteiger partial charge in [0.1, 0.15) is 18.1 Å². The van der Waals surface area contributed by atoms with Gasteiger partial charge in [0.05, 0.1) is 18.7 Å². The van der Waals surface area contributed by atoms with Crippen LogP contribution in [0.15, 0.2) is 60.2 Å². The van der Waals surface area contributed by atoms with E-state index in [1.165, 1.54) is 7.11 Å². The van der Waals surface area contributed by atoms with E-state index in [-0.39, 0.29) is 11.3 Å². The van der Waals surface area contributed by atoms with Gasteiger partial charge in [-0.15, -0.1) is 0 Å². The molecule has 1 aliphatic heterocycles. The van der Waals surface area contributed by atoms with Gasteiger partial charge in [0, 0.05) is 5.56 Å². The first kappa shape index (κ1) is 18.2. The van der Waals surface area contributed by atoms with E-state index in [4.69, 9.17) is 9.84 Å². The molecule has 3 rings (SSSR count). The van der Waals surface area contributed by atoms with Crippen molar-refractivity contribution in [3.63, 3.8) is 0 Å². The van der Waals surface area contributed by atoms with Crippen LogP contribution in [0.2, 0.25) is 0 Å². The molecule has 1 heterocycles. The standard InChI is InChI=1S/C20H17NO6/c1-27-14-9-7-13(8-10-14)18(24)16-17(12-5-3-2-4-6-12)21(11-15(22)23)20(26)19(16)25/h2-10,17,24H,11H2,1H3,(H,22,23)/t17-/m1/s1. The summed E-state index contributed by atoms with van der Waals surface area (Å²) in [7, 11) is 1.50. The maximum absolute atomic E-state index is 12.6. The molecule has 0 bridgehead atoms. The molecule has 1 saturated heterocycles. The second-order valence-electron chi connectivity index (χ2n) is 5.96. The number of carbonyl (C=O) groups is 3. The molecule has 138 valence electrons. The van der Waals surface area contributed by atoms with Crippen molar-refractivity contribution >= 4 is 23.4 Å². The lowest BCUT2D eigenvalue weighted by Gasteiger charge is -2.23. The van der Waals surface area contributed by atoms with E-state index in [0.717, 1.165) is 4.90 Å². The van der Waals surface area contributed by atoms with Crippen molar-refractivity contribution in [1.82, 2.24) is 4.90 Å². The molecule has 7 nitrogen and oxygen atoms in total. The van der Waals surface area contributed by atoms with E-state index in [1.54, 1.807) is 54.6 Å². The molecule has 7 heteroatoms. The van der Waals surface area contributed by atoms with Crippen LogP contribution in [0.3, 0.4) is 0 Å². The Bertz CT molecular complexity index is 917. The van der Waals surface area contributed by atoms with Crippen molar-refractivity contribution in [2.75, 3.05) is 13.7 Å². The smallest absolute Gasteiger partial charge is 0.323 e. The van der Waals surface area contributed by atoms with E-state index in [1.807, 2.05) is 0 Å². The Kier molecular flexibility index (Phi) is 4.94. The molecule has 1 aliphatic rings. The summed E-state index contributed by atoms with van der Waals surface area (Å²) in [4.78, 5) is 37.2. The fourth-order valence-electron chi connectivity index (χ4n) is 3.08. The van der Waals surface area contributed by atoms with Gasteiger partial charge in [-0.25, -0.2) is 0 Å². The molecule has 1 atom stereocenters. The summed E-state index contributed by atoms with van der Waals surface area (Å²) in [6, 6.07) is 13.9. The molecule has 2 aromatic carbocycles. The van der Waals surface area contributed by atoms with Gasteiger partial charge in [-0.2, -0.15) is 0 Å². The summed E-state index contributed by atoms with van der Waals surface area (Å²) >= 11 is 0. The van der Waals surface area contributed by atoms with Crippen molar-refractivity contribution in [3.05, 3.63) is 71.3 Å². The number of hydrogen-bond donors (Lipinski definition) is 2. The molecule has 1 fully saturated rings. The highest BCUT2D eigenvalue weighted by Crippen LogP contribution is 2.39. The Morgan fingerprint density at radius 1 is 1.04 bits per heavy atom. The summed E-state index contributed by atoms with van der Waals surface area (Å²) in [5.74, 6) is -2.92. The van der Waals surface area contributed by atoms with Gasteiger partial charge in [0.2, 0.25) is 0 Å². The third-order valence-electron chi connectivity index (χ3n) is 4.32. The molecule has 27 heavy (non-hydrogen) atoms. The number of nitrogens with zero attached hydrogens (tertiary/aromatic N) is 1. The lowest BCUT2D eigenvalue weighted by Crippen LogP contribution is -2.34. The van der Waals surface area contributed by atoms with Gasteiger partial charge in [-0.05, 0) is 29.8 Å². The molecular formula is C20H17NO6. The molecular weight excluding hydrogens is 350 g/mol. The Morgan fingerprint density at radius 3 is 2.22 bits per heavy atom. The average molecular weight is 367 g/mol. The van der Waals surface area contributed by atoms with Crippen LogP contribution in [0.4, 0.5) is 0 Å². The van der Waals surface area contributed by atoms with Crippen molar-refractivity contribution in [3.8, 4) is 5.75 Å². The van der Waals surface area contributed by atoms with Gasteiger partial charge in [-0.1, -0.05) is 30.3 Å². The summed E-state index contributed by atoms with van der Waals surface area (Å²) < 4.78 is 5.07. The number of carboxylic acids is 1. The zero-order valence-electron chi connectivity index (χ0n) is 14.5. The lowest BCUT2D eigenvalue weighted by molar-refractivity contribution is -0.146. The van der Waals surface area contributed by atoms with E-state index >= 15 is 0 Å². The maximum Gasteiger partial charge on any atom is 0.323 e. The number of ketones is 1. The van der Waals surface area contributed by atoms with E-state index in [9.17, 15) is 19.5 Å². The number of aliphatic hydroxyl groups is 1. The lowest BCUT2D eigenvalue weighted by atomic mass is 9.95. The zero-order valence-corrected chi connectivity index (χ0v) is 14.5. The Hall–Kier alpha value is -3.61. The van der Waals surface area contributed by atoms with Gasteiger partial charge in [-0.3, -0.25) is 14.4 Å². The molecule has 2 N–H and O–H groups in total. The first-order chi connectivity index (χ1) is 12.9. The number of carboxylic acid groups (broad SMARTS) is 1. The minimum Gasteiger partial charge on any atom is -0.507 e.